The lowest BCUT2D eigenvalue weighted by Crippen LogP contribution is -2.19. The highest BCUT2D eigenvalue weighted by Gasteiger charge is 2.11. The van der Waals surface area contributed by atoms with Gasteiger partial charge in [0.25, 0.3) is 5.56 Å². The fourth-order valence-corrected chi connectivity index (χ4v) is 2.76. The third-order valence-electron chi connectivity index (χ3n) is 3.93. The van der Waals surface area contributed by atoms with Gasteiger partial charge in [-0.15, -0.1) is 0 Å². The first kappa shape index (κ1) is 13.5. The maximum Gasteiger partial charge on any atom is 0.276 e. The third kappa shape index (κ3) is 2.44. The number of H-pyrrole nitrogens is 1. The van der Waals surface area contributed by atoms with Crippen molar-refractivity contribution < 1.29 is 0 Å². The number of nitrogens with one attached hydrogen (secondary N) is 1. The summed E-state index contributed by atoms with van der Waals surface area (Å²) in [5, 5.41) is 3.02. The van der Waals surface area contributed by atoms with E-state index in [1.165, 1.54) is 4.52 Å². The van der Waals surface area contributed by atoms with Gasteiger partial charge in [0.05, 0.1) is 0 Å². The van der Waals surface area contributed by atoms with E-state index < -0.39 is 0 Å². The van der Waals surface area contributed by atoms with Crippen LogP contribution in [0.25, 0.3) is 16.8 Å². The van der Waals surface area contributed by atoms with E-state index in [-0.39, 0.29) is 5.56 Å². The molecule has 2 aromatic heterocycles. The number of hydrogen-bond acceptors (Lipinski definition) is 2. The number of nitrogens with zero attached hydrogens (tertiary/aromatic N) is 2. The van der Waals surface area contributed by atoms with Gasteiger partial charge in [-0.1, -0.05) is 60.7 Å². The van der Waals surface area contributed by atoms with Crippen molar-refractivity contribution in [3.8, 4) is 11.1 Å². The number of aromatic nitrogens is 3. The van der Waals surface area contributed by atoms with Crippen molar-refractivity contribution in [3.05, 3.63) is 94.5 Å². The zero-order valence-electron chi connectivity index (χ0n) is 12.4. The van der Waals surface area contributed by atoms with E-state index in [9.17, 15) is 4.79 Å². The molecule has 0 spiro atoms. The van der Waals surface area contributed by atoms with E-state index in [4.69, 9.17) is 0 Å². The molecule has 2 heterocycles. The summed E-state index contributed by atoms with van der Waals surface area (Å²) in [6.45, 7) is 0. The second kappa shape index (κ2) is 5.57. The van der Waals surface area contributed by atoms with Gasteiger partial charge in [-0.05, 0) is 11.1 Å². The Balaban J connectivity index is 1.80. The quantitative estimate of drug-likeness (QED) is 0.631. The molecule has 0 atom stereocenters. The number of rotatable bonds is 3. The van der Waals surface area contributed by atoms with Gasteiger partial charge >= 0.3 is 0 Å². The van der Waals surface area contributed by atoms with Crippen molar-refractivity contribution in [2.75, 3.05) is 0 Å². The minimum atomic E-state index is -0.0546. The first-order valence-corrected chi connectivity index (χ1v) is 7.50. The Kier molecular flexibility index (Phi) is 3.27. The van der Waals surface area contributed by atoms with Gasteiger partial charge in [-0.3, -0.25) is 9.89 Å². The molecule has 0 aliphatic heterocycles. The van der Waals surface area contributed by atoms with Crippen LogP contribution in [0, 0.1) is 0 Å². The molecule has 4 heteroatoms. The normalized spacial score (nSPS) is 11.0. The molecule has 112 valence electrons. The highest BCUT2D eigenvalue weighted by atomic mass is 16.1. The van der Waals surface area contributed by atoms with Crippen LogP contribution < -0.4 is 5.56 Å². The highest BCUT2D eigenvalue weighted by Crippen LogP contribution is 2.22. The largest absolute Gasteiger partial charge is 0.296 e. The predicted octanol–water partition coefficient (Wildman–Crippen LogP) is 3.28. The minimum absolute atomic E-state index is 0.0546. The summed E-state index contributed by atoms with van der Waals surface area (Å²) in [5.41, 5.74) is 4.33. The van der Waals surface area contributed by atoms with Crippen LogP contribution in [0.2, 0.25) is 0 Å². The molecule has 0 amide bonds. The minimum Gasteiger partial charge on any atom is -0.296 e. The van der Waals surface area contributed by atoms with Crippen LogP contribution in [0.1, 0.15) is 11.1 Å². The Hall–Kier alpha value is -3.14. The Bertz CT molecular complexity index is 1000. The van der Waals surface area contributed by atoms with Crippen LogP contribution in [-0.2, 0) is 6.42 Å². The Labute approximate surface area is 133 Å². The Morgan fingerprint density at radius 3 is 2.39 bits per heavy atom. The van der Waals surface area contributed by atoms with E-state index in [0.29, 0.717) is 17.6 Å². The molecule has 0 fully saturated rings. The third-order valence-corrected chi connectivity index (χ3v) is 3.93. The van der Waals surface area contributed by atoms with Gasteiger partial charge in [0.1, 0.15) is 0 Å². The number of aromatic amines is 1. The molecular formula is C19H15N3O. The molecule has 0 unspecified atom stereocenters. The summed E-state index contributed by atoms with van der Waals surface area (Å²) >= 11 is 0. The van der Waals surface area contributed by atoms with E-state index in [1.807, 2.05) is 66.9 Å². The summed E-state index contributed by atoms with van der Waals surface area (Å²) in [6.07, 6.45) is 4.09. The molecule has 0 saturated heterocycles. The summed E-state index contributed by atoms with van der Waals surface area (Å²) in [6, 6.07) is 19.9. The maximum atomic E-state index is 12.7. The zero-order valence-corrected chi connectivity index (χ0v) is 12.4. The first-order chi connectivity index (χ1) is 11.3. The average Bonchev–Trinajstić information content (AvgIpc) is 3.04. The maximum absolute atomic E-state index is 12.7. The van der Waals surface area contributed by atoms with Crippen molar-refractivity contribution in [3.63, 3.8) is 0 Å². The van der Waals surface area contributed by atoms with E-state index >= 15 is 0 Å². The molecule has 4 aromatic rings. The average molecular weight is 301 g/mol. The number of fused-ring (bicyclic) bond motifs is 1. The summed E-state index contributed by atoms with van der Waals surface area (Å²) in [5.74, 6) is 0. The lowest BCUT2D eigenvalue weighted by molar-refractivity contribution is 0.873. The Morgan fingerprint density at radius 1 is 0.957 bits per heavy atom. The van der Waals surface area contributed by atoms with Crippen LogP contribution in [0.5, 0.6) is 0 Å². The highest BCUT2D eigenvalue weighted by molar-refractivity contribution is 5.76. The van der Waals surface area contributed by atoms with E-state index in [2.05, 4.69) is 10.1 Å². The number of benzene rings is 2. The van der Waals surface area contributed by atoms with Crippen LogP contribution in [-0.4, -0.2) is 14.6 Å². The molecule has 0 aliphatic carbocycles. The second-order valence-electron chi connectivity index (χ2n) is 5.46. The van der Waals surface area contributed by atoms with Gasteiger partial charge in [-0.2, -0.15) is 0 Å². The monoisotopic (exact) mass is 301 g/mol. The molecule has 4 nitrogen and oxygen atoms in total. The lowest BCUT2D eigenvalue weighted by atomic mass is 10.1. The van der Waals surface area contributed by atoms with Crippen molar-refractivity contribution in [1.82, 2.24) is 14.6 Å². The van der Waals surface area contributed by atoms with Gasteiger partial charge in [0.15, 0.2) is 5.65 Å². The second-order valence-corrected chi connectivity index (χ2v) is 5.46. The fourth-order valence-electron chi connectivity index (χ4n) is 2.76. The fraction of sp³-hybridized carbons (Fsp3) is 0.0526. The molecule has 0 bridgehead atoms. The molecule has 0 radical (unpaired) electrons. The van der Waals surface area contributed by atoms with Crippen LogP contribution in [0.3, 0.4) is 0 Å². The van der Waals surface area contributed by atoms with Gasteiger partial charge in [-0.25, -0.2) is 9.50 Å². The van der Waals surface area contributed by atoms with Crippen LogP contribution >= 0.6 is 0 Å². The van der Waals surface area contributed by atoms with Crippen LogP contribution in [0.15, 0.2) is 77.9 Å². The van der Waals surface area contributed by atoms with Crippen molar-refractivity contribution >= 4 is 5.65 Å². The molecule has 0 saturated carbocycles. The smallest absolute Gasteiger partial charge is 0.276 e. The van der Waals surface area contributed by atoms with Crippen LogP contribution in [0.4, 0.5) is 0 Å². The Morgan fingerprint density at radius 2 is 1.65 bits per heavy atom. The standard InChI is InChI=1S/C19H15N3O/c23-19-16(11-14-7-3-1-4-8-14)12-20-18-17(13-21-22(18)19)15-9-5-2-6-10-15/h1-10,12-13,21H,11H2. The topological polar surface area (TPSA) is 50.2 Å². The predicted molar refractivity (Wildman–Crippen MR) is 90.5 cm³/mol. The molecular weight excluding hydrogens is 286 g/mol. The lowest BCUT2D eigenvalue weighted by Gasteiger charge is -2.03. The van der Waals surface area contributed by atoms with E-state index in [1.54, 1.807) is 6.20 Å². The van der Waals surface area contributed by atoms with Gasteiger partial charge in [0.2, 0.25) is 0 Å². The van der Waals surface area contributed by atoms with Gasteiger partial charge in [0, 0.05) is 29.9 Å². The molecule has 4 rings (SSSR count). The van der Waals surface area contributed by atoms with E-state index in [0.717, 1.165) is 16.7 Å². The van der Waals surface area contributed by atoms with Gasteiger partial charge < -0.3 is 0 Å². The van der Waals surface area contributed by atoms with Crippen molar-refractivity contribution in [2.24, 2.45) is 0 Å². The number of hydrogen-bond donors (Lipinski definition) is 1. The summed E-state index contributed by atoms with van der Waals surface area (Å²) in [4.78, 5) is 17.2. The molecule has 1 N–H and O–H groups in total. The molecule has 0 aliphatic rings. The zero-order chi connectivity index (χ0) is 15.6. The van der Waals surface area contributed by atoms with Crippen molar-refractivity contribution in [1.29, 1.82) is 0 Å². The first-order valence-electron chi connectivity index (χ1n) is 7.50. The molecule has 23 heavy (non-hydrogen) atoms. The summed E-state index contributed by atoms with van der Waals surface area (Å²) < 4.78 is 1.51. The molecule has 2 aromatic carbocycles. The summed E-state index contributed by atoms with van der Waals surface area (Å²) in [7, 11) is 0. The SMILES string of the molecule is O=c1c(Cc2ccccc2)cnc2c(-c3ccccc3)c[nH]n12. The van der Waals surface area contributed by atoms with Crippen molar-refractivity contribution in [2.45, 2.75) is 6.42 Å².